The summed E-state index contributed by atoms with van der Waals surface area (Å²) in [6.45, 7) is 3.84. The molecule has 0 aliphatic rings. The number of hydrogen-bond donors (Lipinski definition) is 3. The van der Waals surface area contributed by atoms with Gasteiger partial charge >= 0.3 is 6.03 Å². The van der Waals surface area contributed by atoms with Gasteiger partial charge in [-0.05, 0) is 62.4 Å². The molecule has 0 aliphatic carbocycles. The number of ether oxygens (including phenoxy) is 6. The molecule has 0 unspecified atom stereocenters. The van der Waals surface area contributed by atoms with Crippen LogP contribution in [0.15, 0.2) is 85.2 Å². The molecule has 4 aromatic carbocycles. The number of fused-ring (bicyclic) bond motifs is 2. The summed E-state index contributed by atoms with van der Waals surface area (Å²) in [6.07, 6.45) is 3.32. The fourth-order valence-corrected chi connectivity index (χ4v) is 6.53. The van der Waals surface area contributed by atoms with E-state index in [0.717, 1.165) is 26.9 Å². The predicted molar refractivity (Wildman–Crippen MR) is 221 cm³/mol. The van der Waals surface area contributed by atoms with Gasteiger partial charge in [0.1, 0.15) is 23.0 Å². The number of urea groups is 1. The van der Waals surface area contributed by atoms with E-state index >= 15 is 0 Å². The fraction of sp³-hybridized carbons (Fsp3) is 0.150. The molecule has 0 bridgehead atoms. The SMILES string of the molecule is COc1cc2nccc(Oc3ccc(N)c(Cl)c3)c2cc1OC.COc1cc2nccc(Oc3ccc(NC(=O)Nc4nc(C)c(C)s4)c(Cl)c3)c2cc1OC. The Bertz CT molecular complexity index is 2530. The maximum absolute atomic E-state index is 12.3. The number of aromatic nitrogens is 3. The summed E-state index contributed by atoms with van der Waals surface area (Å²) < 4.78 is 33.3. The van der Waals surface area contributed by atoms with Gasteiger partial charge in [0.15, 0.2) is 28.1 Å². The van der Waals surface area contributed by atoms with E-state index in [4.69, 9.17) is 57.4 Å². The molecule has 2 amide bonds. The van der Waals surface area contributed by atoms with E-state index in [0.29, 0.717) is 78.1 Å². The highest BCUT2D eigenvalue weighted by Crippen LogP contribution is 2.39. The van der Waals surface area contributed by atoms with Crippen LogP contribution in [0.4, 0.5) is 21.3 Å². The number of hydrogen-bond acceptors (Lipinski definition) is 12. The lowest BCUT2D eigenvalue weighted by Gasteiger charge is -2.13. The molecule has 0 atom stereocenters. The van der Waals surface area contributed by atoms with Gasteiger partial charge in [-0.2, -0.15) is 0 Å². The number of nitrogens with one attached hydrogen (secondary N) is 2. The Balaban J connectivity index is 0.000000202. The lowest BCUT2D eigenvalue weighted by Crippen LogP contribution is -2.19. The number of aryl methyl sites for hydroxylation is 2. The quantitative estimate of drug-likeness (QED) is 0.113. The number of nitrogens with zero attached hydrogens (tertiary/aromatic N) is 3. The maximum atomic E-state index is 12.3. The Morgan fingerprint density at radius 1 is 0.643 bits per heavy atom. The van der Waals surface area contributed by atoms with Crippen molar-refractivity contribution in [2.75, 3.05) is 44.8 Å². The highest BCUT2D eigenvalue weighted by atomic mass is 35.5. The van der Waals surface area contributed by atoms with Gasteiger partial charge in [0.05, 0.1) is 66.6 Å². The van der Waals surface area contributed by atoms with Crippen molar-refractivity contribution >= 4 is 78.9 Å². The van der Waals surface area contributed by atoms with E-state index < -0.39 is 6.03 Å². The van der Waals surface area contributed by atoms with Crippen LogP contribution >= 0.6 is 34.5 Å². The van der Waals surface area contributed by atoms with E-state index in [1.54, 1.807) is 108 Å². The lowest BCUT2D eigenvalue weighted by molar-refractivity contribution is 0.262. The van der Waals surface area contributed by atoms with E-state index in [1.807, 2.05) is 19.9 Å². The molecule has 3 aromatic heterocycles. The first kappa shape index (κ1) is 39.5. The Labute approximate surface area is 336 Å². The van der Waals surface area contributed by atoms with Gasteiger partial charge in [0, 0.05) is 52.3 Å². The zero-order valence-corrected chi connectivity index (χ0v) is 33.4. The number of rotatable bonds is 10. The second-order valence-electron chi connectivity index (χ2n) is 11.8. The molecule has 13 nitrogen and oxygen atoms in total. The maximum Gasteiger partial charge on any atom is 0.325 e. The number of anilines is 3. The summed E-state index contributed by atoms with van der Waals surface area (Å²) >= 11 is 13.8. The normalized spacial score (nSPS) is 10.6. The number of carbonyl (C=O) groups excluding carboxylic acids is 1. The molecule has 3 heterocycles. The van der Waals surface area contributed by atoms with Crippen LogP contribution in [-0.4, -0.2) is 49.4 Å². The Hall–Kier alpha value is -6.22. The van der Waals surface area contributed by atoms with Crippen molar-refractivity contribution in [1.82, 2.24) is 15.0 Å². The summed E-state index contributed by atoms with van der Waals surface area (Å²) in [7, 11) is 6.31. The number of amides is 2. The molecule has 16 heteroatoms. The van der Waals surface area contributed by atoms with Crippen LogP contribution < -0.4 is 44.8 Å². The zero-order chi connectivity index (χ0) is 39.9. The van der Waals surface area contributed by atoms with Crippen molar-refractivity contribution in [3.63, 3.8) is 0 Å². The fourth-order valence-electron chi connectivity index (χ4n) is 5.34. The van der Waals surface area contributed by atoms with E-state index in [1.165, 1.54) is 11.3 Å². The third-order valence-electron chi connectivity index (χ3n) is 8.28. The Morgan fingerprint density at radius 2 is 1.14 bits per heavy atom. The Kier molecular flexibility index (Phi) is 12.3. The molecule has 0 aliphatic heterocycles. The van der Waals surface area contributed by atoms with Gasteiger partial charge in [0.2, 0.25) is 0 Å². The molecule has 288 valence electrons. The van der Waals surface area contributed by atoms with Crippen molar-refractivity contribution in [3.8, 4) is 46.0 Å². The number of methoxy groups -OCH3 is 4. The van der Waals surface area contributed by atoms with Crippen molar-refractivity contribution in [1.29, 1.82) is 0 Å². The van der Waals surface area contributed by atoms with Gasteiger partial charge in [-0.15, -0.1) is 11.3 Å². The highest BCUT2D eigenvalue weighted by molar-refractivity contribution is 7.15. The summed E-state index contributed by atoms with van der Waals surface area (Å²) in [4.78, 5) is 26.4. The van der Waals surface area contributed by atoms with Crippen molar-refractivity contribution < 1.29 is 33.2 Å². The predicted octanol–water partition coefficient (Wildman–Crippen LogP) is 10.7. The lowest BCUT2D eigenvalue weighted by atomic mass is 10.2. The molecule has 4 N–H and O–H groups in total. The van der Waals surface area contributed by atoms with Gasteiger partial charge in [-0.25, -0.2) is 9.78 Å². The number of nitrogen functional groups attached to an aromatic ring is 1. The molecule has 0 spiro atoms. The van der Waals surface area contributed by atoms with E-state index in [9.17, 15) is 4.79 Å². The zero-order valence-electron chi connectivity index (χ0n) is 31.0. The highest BCUT2D eigenvalue weighted by Gasteiger charge is 2.15. The second kappa shape index (κ2) is 17.5. The van der Waals surface area contributed by atoms with Gasteiger partial charge in [-0.3, -0.25) is 15.3 Å². The third-order valence-corrected chi connectivity index (χ3v) is 9.91. The van der Waals surface area contributed by atoms with Gasteiger partial charge in [0.25, 0.3) is 0 Å². The minimum atomic E-state index is -0.430. The van der Waals surface area contributed by atoms with Crippen LogP contribution in [0, 0.1) is 13.8 Å². The molecular weight excluding hydrogens is 779 g/mol. The van der Waals surface area contributed by atoms with E-state index in [-0.39, 0.29) is 0 Å². The molecule has 7 aromatic rings. The number of benzene rings is 4. The number of carbonyl (C=O) groups is 1. The standard InChI is InChI=1S/C23H21ClN4O4S.C17H15ClN2O3/c1-12-13(2)33-23(26-12)28-22(29)27-17-6-5-14(9-16(17)24)32-19-7-8-25-18-11-21(31-4)20(30-3)10-15(18)19;1-21-16-8-11-14(9-17(16)22-2)20-6-5-15(11)23-10-3-4-13(19)12(18)7-10/h5-11H,1-4H3,(H2,26,27,28,29);3-9H,19H2,1-2H3. The molecule has 56 heavy (non-hydrogen) atoms. The van der Waals surface area contributed by atoms with Crippen LogP contribution in [-0.2, 0) is 0 Å². The summed E-state index contributed by atoms with van der Waals surface area (Å²) in [5, 5.41) is 8.29. The summed E-state index contributed by atoms with van der Waals surface area (Å²) in [5.74, 6) is 4.66. The van der Waals surface area contributed by atoms with E-state index in [2.05, 4.69) is 25.6 Å². The van der Waals surface area contributed by atoms with Gasteiger partial charge in [-0.1, -0.05) is 23.2 Å². The largest absolute Gasteiger partial charge is 0.493 e. The number of halogens is 2. The first-order chi connectivity index (χ1) is 27.0. The van der Waals surface area contributed by atoms with Crippen LogP contribution in [0.25, 0.3) is 21.8 Å². The first-order valence-corrected chi connectivity index (χ1v) is 18.3. The molecule has 0 radical (unpaired) electrons. The van der Waals surface area contributed by atoms with Crippen LogP contribution in [0.3, 0.4) is 0 Å². The molecule has 0 saturated heterocycles. The van der Waals surface area contributed by atoms with Crippen LogP contribution in [0.2, 0.25) is 10.0 Å². The molecular formula is C40H36Cl2N6O7S. The number of pyridine rings is 2. The molecule has 0 fully saturated rings. The minimum Gasteiger partial charge on any atom is -0.493 e. The second-order valence-corrected chi connectivity index (χ2v) is 13.9. The van der Waals surface area contributed by atoms with Crippen LogP contribution in [0.1, 0.15) is 10.6 Å². The first-order valence-electron chi connectivity index (χ1n) is 16.7. The average molecular weight is 816 g/mol. The number of nitrogens with two attached hydrogens (primary N) is 1. The minimum absolute atomic E-state index is 0.326. The smallest absolute Gasteiger partial charge is 0.325 e. The molecule has 0 saturated carbocycles. The van der Waals surface area contributed by atoms with Crippen molar-refractivity contribution in [3.05, 3.63) is 106 Å². The van der Waals surface area contributed by atoms with Gasteiger partial charge < -0.3 is 39.5 Å². The monoisotopic (exact) mass is 814 g/mol. The number of thiazole rings is 1. The molecule has 7 rings (SSSR count). The average Bonchev–Trinajstić information content (AvgIpc) is 3.51. The summed E-state index contributed by atoms with van der Waals surface area (Å²) in [6, 6.07) is 20.5. The Morgan fingerprint density at radius 3 is 1.61 bits per heavy atom. The van der Waals surface area contributed by atoms with Crippen molar-refractivity contribution in [2.45, 2.75) is 13.8 Å². The third kappa shape index (κ3) is 9.00. The summed E-state index contributed by atoms with van der Waals surface area (Å²) in [5.41, 5.74) is 8.98. The van der Waals surface area contributed by atoms with Crippen LogP contribution in [0.5, 0.6) is 46.0 Å². The van der Waals surface area contributed by atoms with Crippen molar-refractivity contribution in [2.24, 2.45) is 0 Å². The topological polar surface area (TPSA) is 161 Å².